The van der Waals surface area contributed by atoms with Gasteiger partial charge < -0.3 is 15.0 Å². The molecular formula is C19H19Cl3N2O. The second kappa shape index (κ2) is 8.15. The number of aromatic nitrogens is 1. The van der Waals surface area contributed by atoms with Gasteiger partial charge in [0.2, 0.25) is 0 Å². The minimum Gasteiger partial charge on any atom is -0.497 e. The van der Waals surface area contributed by atoms with Gasteiger partial charge in [-0.1, -0.05) is 23.2 Å². The summed E-state index contributed by atoms with van der Waals surface area (Å²) >= 11 is 12.5. The number of benzene rings is 2. The highest BCUT2D eigenvalue weighted by molar-refractivity contribution is 6.36. The highest BCUT2D eigenvalue weighted by Gasteiger charge is 2.16. The van der Waals surface area contributed by atoms with E-state index in [1.54, 1.807) is 13.2 Å². The average molecular weight is 398 g/mol. The Bertz CT molecular complexity index is 873. The van der Waals surface area contributed by atoms with E-state index in [1.165, 1.54) is 0 Å². The van der Waals surface area contributed by atoms with Crippen LogP contribution in [0.15, 0.2) is 48.5 Å². The zero-order chi connectivity index (χ0) is 17.3. The van der Waals surface area contributed by atoms with E-state index in [0.29, 0.717) is 16.6 Å². The Kier molecular flexibility index (Phi) is 6.42. The summed E-state index contributed by atoms with van der Waals surface area (Å²) in [6, 6.07) is 15.5. The van der Waals surface area contributed by atoms with E-state index >= 15 is 0 Å². The quantitative estimate of drug-likeness (QED) is 0.618. The van der Waals surface area contributed by atoms with Crippen LogP contribution in [0.25, 0.3) is 16.9 Å². The van der Waals surface area contributed by atoms with Gasteiger partial charge >= 0.3 is 0 Å². The number of methoxy groups -OCH3 is 1. The van der Waals surface area contributed by atoms with Gasteiger partial charge in [0, 0.05) is 28.5 Å². The molecule has 1 aromatic heterocycles. The molecule has 0 radical (unpaired) electrons. The van der Waals surface area contributed by atoms with Gasteiger partial charge in [-0.15, -0.1) is 12.4 Å². The van der Waals surface area contributed by atoms with Crippen LogP contribution >= 0.6 is 35.6 Å². The predicted octanol–water partition coefficient (Wildman–Crippen LogP) is 5.65. The third-order valence-electron chi connectivity index (χ3n) is 4.11. The fourth-order valence-electron chi connectivity index (χ4n) is 2.82. The van der Waals surface area contributed by atoms with E-state index in [9.17, 15) is 0 Å². The fraction of sp³-hybridized carbons (Fsp3) is 0.158. The maximum Gasteiger partial charge on any atom is 0.119 e. The third-order valence-corrected chi connectivity index (χ3v) is 4.66. The predicted molar refractivity (Wildman–Crippen MR) is 108 cm³/mol. The number of rotatable bonds is 4. The molecule has 0 aliphatic heterocycles. The summed E-state index contributed by atoms with van der Waals surface area (Å²) in [5.74, 6) is 0.814. The molecule has 3 nitrogen and oxygen atoms in total. The standard InChI is InChI=1S/C19H18Cl2N2O.ClH/c1-12-13(11-22)9-19(17-8-3-14(20)10-18(17)21)23(12)15-4-6-16(24-2)7-5-15;/h3-10H,11,22H2,1-2H3;1H. The van der Waals surface area contributed by atoms with E-state index in [0.717, 1.165) is 34.0 Å². The molecule has 0 spiro atoms. The van der Waals surface area contributed by atoms with Crippen molar-refractivity contribution in [3.8, 4) is 22.7 Å². The molecule has 25 heavy (non-hydrogen) atoms. The van der Waals surface area contributed by atoms with Crippen LogP contribution in [0, 0.1) is 6.92 Å². The van der Waals surface area contributed by atoms with Crippen molar-refractivity contribution in [2.75, 3.05) is 7.11 Å². The molecule has 0 atom stereocenters. The molecule has 0 amide bonds. The van der Waals surface area contributed by atoms with E-state index in [1.807, 2.05) is 36.4 Å². The largest absolute Gasteiger partial charge is 0.497 e. The lowest BCUT2D eigenvalue weighted by Crippen LogP contribution is -2.02. The maximum atomic E-state index is 6.43. The lowest BCUT2D eigenvalue weighted by Gasteiger charge is -2.14. The lowest BCUT2D eigenvalue weighted by atomic mass is 10.1. The normalized spacial score (nSPS) is 10.4. The van der Waals surface area contributed by atoms with Crippen molar-refractivity contribution < 1.29 is 4.74 Å². The van der Waals surface area contributed by atoms with Crippen LogP contribution in [0.2, 0.25) is 10.0 Å². The van der Waals surface area contributed by atoms with E-state index in [2.05, 4.69) is 17.6 Å². The van der Waals surface area contributed by atoms with Crippen molar-refractivity contribution in [1.29, 1.82) is 0 Å². The van der Waals surface area contributed by atoms with Gasteiger partial charge in [0.1, 0.15) is 5.75 Å². The number of ether oxygens (including phenoxy) is 1. The molecule has 0 saturated carbocycles. The molecule has 0 aliphatic rings. The number of halogens is 3. The van der Waals surface area contributed by atoms with Crippen molar-refractivity contribution >= 4 is 35.6 Å². The van der Waals surface area contributed by atoms with Crippen LogP contribution in [0.5, 0.6) is 5.75 Å². The van der Waals surface area contributed by atoms with Crippen LogP contribution < -0.4 is 10.5 Å². The minimum atomic E-state index is 0. The second-order valence-corrected chi connectivity index (χ2v) is 6.35. The van der Waals surface area contributed by atoms with Crippen LogP contribution in [0.3, 0.4) is 0 Å². The Labute approximate surface area is 163 Å². The first-order valence-electron chi connectivity index (χ1n) is 7.56. The van der Waals surface area contributed by atoms with Crippen LogP contribution in [0.4, 0.5) is 0 Å². The minimum absolute atomic E-state index is 0. The Balaban J connectivity index is 0.00000225. The van der Waals surface area contributed by atoms with Crippen LogP contribution in [0.1, 0.15) is 11.3 Å². The van der Waals surface area contributed by atoms with Gasteiger partial charge in [0.05, 0.1) is 17.8 Å². The molecule has 2 N–H and O–H groups in total. The van der Waals surface area contributed by atoms with Gasteiger partial charge in [0.15, 0.2) is 0 Å². The number of nitrogens with zero attached hydrogens (tertiary/aromatic N) is 1. The summed E-state index contributed by atoms with van der Waals surface area (Å²) in [5.41, 5.74) is 11.0. The molecule has 0 aliphatic carbocycles. The van der Waals surface area contributed by atoms with Crippen LogP contribution in [-0.2, 0) is 6.54 Å². The number of nitrogens with two attached hydrogens (primary N) is 1. The first kappa shape index (κ1) is 19.7. The molecule has 1 heterocycles. The molecular weight excluding hydrogens is 379 g/mol. The van der Waals surface area contributed by atoms with Crippen molar-refractivity contribution in [1.82, 2.24) is 4.57 Å². The van der Waals surface area contributed by atoms with Gasteiger partial charge in [0.25, 0.3) is 0 Å². The fourth-order valence-corrected chi connectivity index (χ4v) is 3.33. The number of hydrogen-bond acceptors (Lipinski definition) is 2. The molecule has 0 unspecified atom stereocenters. The molecule has 2 aromatic carbocycles. The maximum absolute atomic E-state index is 6.43. The van der Waals surface area contributed by atoms with Gasteiger partial charge in [-0.3, -0.25) is 0 Å². The first-order valence-corrected chi connectivity index (χ1v) is 8.32. The molecule has 3 rings (SSSR count). The van der Waals surface area contributed by atoms with Gasteiger partial charge in [-0.2, -0.15) is 0 Å². The topological polar surface area (TPSA) is 40.2 Å². The van der Waals surface area contributed by atoms with Crippen LogP contribution in [-0.4, -0.2) is 11.7 Å². The monoisotopic (exact) mass is 396 g/mol. The Hall–Kier alpha value is -1.65. The van der Waals surface area contributed by atoms with E-state index in [4.69, 9.17) is 33.7 Å². The molecule has 132 valence electrons. The van der Waals surface area contributed by atoms with Crippen molar-refractivity contribution in [2.24, 2.45) is 5.73 Å². The molecule has 0 bridgehead atoms. The van der Waals surface area contributed by atoms with Crippen molar-refractivity contribution in [2.45, 2.75) is 13.5 Å². The SMILES string of the molecule is COc1ccc(-n2c(-c3ccc(Cl)cc3Cl)cc(CN)c2C)cc1.Cl. The summed E-state index contributed by atoms with van der Waals surface area (Å²) in [4.78, 5) is 0. The first-order chi connectivity index (χ1) is 11.5. The molecule has 3 aromatic rings. The third kappa shape index (κ3) is 3.80. The highest BCUT2D eigenvalue weighted by atomic mass is 35.5. The smallest absolute Gasteiger partial charge is 0.119 e. The van der Waals surface area contributed by atoms with Gasteiger partial charge in [-0.25, -0.2) is 0 Å². The Morgan fingerprint density at radius 3 is 2.28 bits per heavy atom. The van der Waals surface area contributed by atoms with Gasteiger partial charge in [-0.05, 0) is 61.0 Å². The summed E-state index contributed by atoms with van der Waals surface area (Å²) in [7, 11) is 1.65. The second-order valence-electron chi connectivity index (χ2n) is 5.50. The van der Waals surface area contributed by atoms with Crippen molar-refractivity contribution in [3.63, 3.8) is 0 Å². The van der Waals surface area contributed by atoms with E-state index in [-0.39, 0.29) is 12.4 Å². The summed E-state index contributed by atoms with van der Waals surface area (Å²) < 4.78 is 7.39. The summed E-state index contributed by atoms with van der Waals surface area (Å²) in [6.45, 7) is 2.52. The summed E-state index contributed by atoms with van der Waals surface area (Å²) in [5, 5.41) is 1.22. The Morgan fingerprint density at radius 1 is 1.04 bits per heavy atom. The highest BCUT2D eigenvalue weighted by Crippen LogP contribution is 2.35. The molecule has 0 fully saturated rings. The zero-order valence-corrected chi connectivity index (χ0v) is 16.3. The number of hydrogen-bond donors (Lipinski definition) is 1. The zero-order valence-electron chi connectivity index (χ0n) is 13.9. The Morgan fingerprint density at radius 2 is 1.72 bits per heavy atom. The van der Waals surface area contributed by atoms with Crippen molar-refractivity contribution in [3.05, 3.63) is 69.8 Å². The average Bonchev–Trinajstić information content (AvgIpc) is 2.91. The molecule has 6 heteroatoms. The lowest BCUT2D eigenvalue weighted by molar-refractivity contribution is 0.414. The van der Waals surface area contributed by atoms with E-state index < -0.39 is 0 Å². The molecule has 0 saturated heterocycles. The summed E-state index contributed by atoms with van der Waals surface area (Å²) in [6.07, 6.45) is 0.